The monoisotopic (exact) mass is 532 g/mol. The summed E-state index contributed by atoms with van der Waals surface area (Å²) in [4.78, 5) is 24.6. The van der Waals surface area contributed by atoms with Gasteiger partial charge in [0.25, 0.3) is 5.91 Å². The Bertz CT molecular complexity index is 1500. The lowest BCUT2D eigenvalue weighted by Gasteiger charge is -2.21. The number of carbonyl (C=O) groups is 1. The van der Waals surface area contributed by atoms with Crippen LogP contribution in [-0.2, 0) is 16.6 Å². The van der Waals surface area contributed by atoms with Crippen molar-refractivity contribution in [3.63, 3.8) is 0 Å². The molecular weight excluding hydrogens is 504 g/mol. The van der Waals surface area contributed by atoms with Crippen molar-refractivity contribution >= 4 is 42.6 Å². The summed E-state index contributed by atoms with van der Waals surface area (Å²) in [6.45, 7) is 11.9. The number of aromatic nitrogens is 2. The zero-order valence-electron chi connectivity index (χ0n) is 20.8. The molecule has 9 heteroatoms. The number of fused-ring (bicyclic) bond motifs is 1. The molecule has 0 unspecified atom stereocenters. The molecule has 2 aromatic carbocycles. The largest absolute Gasteiger partial charge is 0.278 e. The maximum absolute atomic E-state index is 13.7. The number of pyridine rings is 1. The minimum absolute atomic E-state index is 0.0926. The van der Waals surface area contributed by atoms with Crippen molar-refractivity contribution in [3.8, 4) is 0 Å². The molecule has 4 aromatic rings. The molecular formula is C28H28N4O3S2. The number of sulfonamides is 1. The first-order valence-corrected chi connectivity index (χ1v) is 13.9. The van der Waals surface area contributed by atoms with E-state index in [1.807, 2.05) is 38.1 Å². The highest BCUT2D eigenvalue weighted by molar-refractivity contribution is 7.89. The van der Waals surface area contributed by atoms with Crippen molar-refractivity contribution in [2.45, 2.75) is 25.3 Å². The third-order valence-corrected chi connectivity index (χ3v) is 8.81. The van der Waals surface area contributed by atoms with E-state index in [-0.39, 0.29) is 30.4 Å². The maximum Gasteiger partial charge on any atom is 0.260 e. The summed E-state index contributed by atoms with van der Waals surface area (Å²) in [5.41, 5.74) is 4.18. The Morgan fingerprint density at radius 1 is 1.00 bits per heavy atom. The fraction of sp³-hybridized carbons (Fsp3) is 0.179. The van der Waals surface area contributed by atoms with E-state index < -0.39 is 10.0 Å². The van der Waals surface area contributed by atoms with Crippen LogP contribution in [0, 0.1) is 13.8 Å². The summed E-state index contributed by atoms with van der Waals surface area (Å²) in [5, 5.41) is 0.551. The summed E-state index contributed by atoms with van der Waals surface area (Å²) in [7, 11) is -3.77. The van der Waals surface area contributed by atoms with Crippen molar-refractivity contribution < 1.29 is 13.2 Å². The van der Waals surface area contributed by atoms with Crippen molar-refractivity contribution in [1.29, 1.82) is 0 Å². The third kappa shape index (κ3) is 5.69. The molecule has 190 valence electrons. The molecule has 0 spiro atoms. The lowest BCUT2D eigenvalue weighted by atomic mass is 10.1. The molecule has 0 fully saturated rings. The number of benzene rings is 2. The summed E-state index contributed by atoms with van der Waals surface area (Å²) >= 11 is 1.44. The Hall–Kier alpha value is -3.66. The van der Waals surface area contributed by atoms with E-state index in [2.05, 4.69) is 24.2 Å². The standard InChI is InChI=1S/C28H28N4O3S2/c1-5-15-31(16-6-2)37(34,35)24-12-10-22(11-13-24)27(33)32(19-23-9-7-8-14-29-23)28-30-25-17-20(3)21(4)18-26(25)36-28/h5-14,17-18H,1-2,15-16,19H2,3-4H3. The lowest BCUT2D eigenvalue weighted by molar-refractivity contribution is 0.0984. The highest BCUT2D eigenvalue weighted by atomic mass is 32.2. The van der Waals surface area contributed by atoms with Gasteiger partial charge in [0.05, 0.1) is 27.4 Å². The van der Waals surface area contributed by atoms with Gasteiger partial charge >= 0.3 is 0 Å². The van der Waals surface area contributed by atoms with Gasteiger partial charge in [-0.3, -0.25) is 14.7 Å². The normalized spacial score (nSPS) is 11.5. The van der Waals surface area contributed by atoms with Gasteiger partial charge in [-0.05, 0) is 73.5 Å². The summed E-state index contributed by atoms with van der Waals surface area (Å²) in [6.07, 6.45) is 4.73. The second kappa shape index (κ2) is 11.2. The van der Waals surface area contributed by atoms with Crippen molar-refractivity contribution in [3.05, 3.63) is 108 Å². The maximum atomic E-state index is 13.7. The Morgan fingerprint density at radius 3 is 2.30 bits per heavy atom. The van der Waals surface area contributed by atoms with Crippen LogP contribution in [0.25, 0.3) is 10.2 Å². The summed E-state index contributed by atoms with van der Waals surface area (Å²) < 4.78 is 28.4. The molecule has 0 atom stereocenters. The minimum Gasteiger partial charge on any atom is -0.278 e. The average molecular weight is 533 g/mol. The number of hydrogen-bond acceptors (Lipinski definition) is 6. The number of rotatable bonds is 10. The van der Waals surface area contributed by atoms with Gasteiger partial charge in [-0.2, -0.15) is 4.31 Å². The van der Waals surface area contributed by atoms with Gasteiger partial charge in [-0.1, -0.05) is 29.6 Å². The minimum atomic E-state index is -3.77. The van der Waals surface area contributed by atoms with Crippen LogP contribution in [-0.4, -0.2) is 41.7 Å². The number of hydrogen-bond donors (Lipinski definition) is 0. The summed E-state index contributed by atoms with van der Waals surface area (Å²) in [6, 6.07) is 15.6. The van der Waals surface area contributed by atoms with Crippen LogP contribution in [0.15, 0.2) is 91.0 Å². The molecule has 0 N–H and O–H groups in total. The molecule has 2 aromatic heterocycles. The van der Waals surface area contributed by atoms with E-state index in [0.29, 0.717) is 16.4 Å². The fourth-order valence-corrected chi connectivity index (χ4v) is 6.22. The van der Waals surface area contributed by atoms with E-state index in [9.17, 15) is 13.2 Å². The lowest BCUT2D eigenvalue weighted by Crippen LogP contribution is -2.32. The smallest absolute Gasteiger partial charge is 0.260 e. The van der Waals surface area contributed by atoms with Crippen molar-refractivity contribution in [1.82, 2.24) is 14.3 Å². The predicted octanol–water partition coefficient (Wildman–Crippen LogP) is 5.52. The SMILES string of the molecule is C=CCN(CC=C)S(=O)(=O)c1ccc(C(=O)N(Cc2ccccn2)c2nc3cc(C)c(C)cc3s2)cc1. The predicted molar refractivity (Wildman–Crippen MR) is 149 cm³/mol. The molecule has 4 rings (SSSR count). The Kier molecular flexibility index (Phi) is 7.97. The molecule has 0 aliphatic rings. The van der Waals surface area contributed by atoms with Crippen LogP contribution in [0.4, 0.5) is 5.13 Å². The molecule has 0 saturated heterocycles. The Labute approximate surface area is 221 Å². The second-order valence-electron chi connectivity index (χ2n) is 8.54. The number of thiazole rings is 1. The number of aryl methyl sites for hydroxylation is 2. The highest BCUT2D eigenvalue weighted by Gasteiger charge is 2.25. The Morgan fingerprint density at radius 2 is 1.68 bits per heavy atom. The Balaban J connectivity index is 1.70. The van der Waals surface area contributed by atoms with Gasteiger partial charge in [0, 0.05) is 24.8 Å². The molecule has 1 amide bonds. The van der Waals surface area contributed by atoms with Gasteiger partial charge in [-0.25, -0.2) is 13.4 Å². The van der Waals surface area contributed by atoms with Gasteiger partial charge in [-0.15, -0.1) is 13.2 Å². The number of carbonyl (C=O) groups excluding carboxylic acids is 1. The van der Waals surface area contributed by atoms with Crippen molar-refractivity contribution in [2.24, 2.45) is 0 Å². The molecule has 0 saturated carbocycles. The third-order valence-electron chi connectivity index (χ3n) is 5.92. The number of anilines is 1. The van der Waals surface area contributed by atoms with Crippen LogP contribution in [0.1, 0.15) is 27.2 Å². The first-order chi connectivity index (χ1) is 17.7. The van der Waals surface area contributed by atoms with E-state index in [1.165, 1.54) is 52.1 Å². The van der Waals surface area contributed by atoms with Crippen LogP contribution in [0.5, 0.6) is 0 Å². The van der Waals surface area contributed by atoms with Gasteiger partial charge in [0.15, 0.2) is 5.13 Å². The highest BCUT2D eigenvalue weighted by Crippen LogP contribution is 2.32. The fourth-order valence-electron chi connectivity index (χ4n) is 3.80. The van der Waals surface area contributed by atoms with Crippen LogP contribution < -0.4 is 4.90 Å². The second-order valence-corrected chi connectivity index (χ2v) is 11.5. The molecule has 0 bridgehead atoms. The molecule has 0 aliphatic heterocycles. The van der Waals surface area contributed by atoms with E-state index in [1.54, 1.807) is 11.1 Å². The molecule has 7 nitrogen and oxygen atoms in total. The van der Waals surface area contributed by atoms with Gasteiger partial charge < -0.3 is 0 Å². The average Bonchev–Trinajstić information content (AvgIpc) is 3.30. The van der Waals surface area contributed by atoms with Crippen LogP contribution in [0.2, 0.25) is 0 Å². The molecule has 37 heavy (non-hydrogen) atoms. The first-order valence-electron chi connectivity index (χ1n) is 11.7. The van der Waals surface area contributed by atoms with E-state index >= 15 is 0 Å². The molecule has 0 radical (unpaired) electrons. The topological polar surface area (TPSA) is 83.5 Å². The van der Waals surface area contributed by atoms with Gasteiger partial charge in [0.1, 0.15) is 0 Å². The zero-order chi connectivity index (χ0) is 26.6. The number of nitrogens with zero attached hydrogens (tertiary/aromatic N) is 4. The van der Waals surface area contributed by atoms with Gasteiger partial charge in [0.2, 0.25) is 10.0 Å². The molecule has 0 aliphatic carbocycles. The first kappa shape index (κ1) is 26.4. The van der Waals surface area contributed by atoms with Crippen LogP contribution in [0.3, 0.4) is 0 Å². The van der Waals surface area contributed by atoms with Crippen LogP contribution >= 0.6 is 11.3 Å². The van der Waals surface area contributed by atoms with Crippen molar-refractivity contribution in [2.75, 3.05) is 18.0 Å². The number of amides is 1. The zero-order valence-corrected chi connectivity index (χ0v) is 22.4. The van der Waals surface area contributed by atoms with E-state index in [4.69, 9.17) is 4.98 Å². The summed E-state index contributed by atoms with van der Waals surface area (Å²) in [5.74, 6) is -0.295. The van der Waals surface area contributed by atoms with E-state index in [0.717, 1.165) is 21.3 Å². The quantitative estimate of drug-likeness (QED) is 0.251. The molecule has 2 heterocycles.